The zero-order chi connectivity index (χ0) is 26.7. The van der Waals surface area contributed by atoms with Crippen molar-refractivity contribution in [2.24, 2.45) is 0 Å². The fourth-order valence-electron chi connectivity index (χ4n) is 4.87. The Labute approximate surface area is 215 Å². The van der Waals surface area contributed by atoms with Gasteiger partial charge in [-0.2, -0.15) is 18.4 Å². The van der Waals surface area contributed by atoms with Crippen molar-refractivity contribution in [1.82, 2.24) is 4.98 Å². The number of aliphatic hydroxyl groups excluding tert-OH is 2. The highest BCUT2D eigenvalue weighted by Crippen LogP contribution is 2.48. The number of halogens is 3. The molecular formula is C25H21F3N4O4S. The molecule has 1 aromatic carbocycles. The third kappa shape index (κ3) is 3.94. The number of hydrogen-bond donors (Lipinski definition) is 2. The molecule has 1 aliphatic carbocycles. The minimum Gasteiger partial charge on any atom is -0.488 e. The van der Waals surface area contributed by atoms with Crippen molar-refractivity contribution in [3.05, 3.63) is 59.4 Å². The smallest absolute Gasteiger partial charge is 0.419 e. The summed E-state index contributed by atoms with van der Waals surface area (Å²) < 4.78 is 46.3. The summed E-state index contributed by atoms with van der Waals surface area (Å²) in [6.45, 7) is 1.64. The number of anilines is 2. The van der Waals surface area contributed by atoms with Crippen molar-refractivity contribution in [1.29, 1.82) is 5.26 Å². The fourth-order valence-corrected chi connectivity index (χ4v) is 5.34. The molecule has 1 aromatic heterocycles. The van der Waals surface area contributed by atoms with E-state index in [1.807, 2.05) is 0 Å². The average Bonchev–Trinajstić information content (AvgIpc) is 3.08. The molecule has 3 heterocycles. The highest BCUT2D eigenvalue weighted by atomic mass is 32.1. The molecule has 192 valence electrons. The lowest BCUT2D eigenvalue weighted by molar-refractivity contribution is -0.138. The van der Waals surface area contributed by atoms with E-state index in [1.54, 1.807) is 36.1 Å². The van der Waals surface area contributed by atoms with Crippen molar-refractivity contribution in [2.45, 2.75) is 56.2 Å². The molecule has 1 saturated carbocycles. The monoisotopic (exact) mass is 530 g/mol. The lowest BCUT2D eigenvalue weighted by Crippen LogP contribution is -2.55. The Hall–Kier alpha value is -3.53. The third-order valence-corrected chi connectivity index (χ3v) is 7.38. The Morgan fingerprint density at radius 1 is 1.22 bits per heavy atom. The van der Waals surface area contributed by atoms with E-state index in [-0.39, 0.29) is 10.8 Å². The average molecular weight is 531 g/mol. The Morgan fingerprint density at radius 3 is 2.43 bits per heavy atom. The molecule has 0 radical (unpaired) electrons. The van der Waals surface area contributed by atoms with Crippen LogP contribution in [0.2, 0.25) is 0 Å². The van der Waals surface area contributed by atoms with Gasteiger partial charge in [0.1, 0.15) is 35.7 Å². The van der Waals surface area contributed by atoms with Crippen LogP contribution >= 0.6 is 12.2 Å². The Bertz CT molecular complexity index is 1350. The van der Waals surface area contributed by atoms with Crippen LogP contribution in [0.25, 0.3) is 5.76 Å². The number of nitrogens with zero attached hydrogens (tertiary/aromatic N) is 4. The maximum atomic E-state index is 13.6. The standard InChI is InChI=1S/C25H21F3N4O4S/c1-13-21(34)19(33)10-20(36-13)14-3-5-15(6-4-14)32-23(37)31(22(35)24(32)7-2-8-24)16-9-17(25(26,27)28)18(11-29)30-12-16/h3-6,9-10,12-13,19,21,33-34H,2,7-8H2,1H3/t13-,19-,21-/m0/s1. The summed E-state index contributed by atoms with van der Waals surface area (Å²) in [5, 5.41) is 29.0. The first-order valence-corrected chi connectivity index (χ1v) is 11.9. The highest BCUT2D eigenvalue weighted by molar-refractivity contribution is 7.81. The van der Waals surface area contributed by atoms with E-state index in [0.717, 1.165) is 23.6 Å². The molecule has 1 amide bonds. The second-order valence-corrected chi connectivity index (χ2v) is 9.59. The minimum absolute atomic E-state index is 0.0115. The lowest BCUT2D eigenvalue weighted by Gasteiger charge is -2.43. The van der Waals surface area contributed by atoms with Crippen LogP contribution in [0, 0.1) is 11.3 Å². The van der Waals surface area contributed by atoms with Gasteiger partial charge in [0.2, 0.25) is 0 Å². The Morgan fingerprint density at radius 2 is 1.89 bits per heavy atom. The molecule has 8 nitrogen and oxygen atoms in total. The summed E-state index contributed by atoms with van der Waals surface area (Å²) >= 11 is 5.61. The molecule has 0 unspecified atom stereocenters. The van der Waals surface area contributed by atoms with E-state index in [4.69, 9.17) is 22.2 Å². The zero-order valence-electron chi connectivity index (χ0n) is 19.4. The molecule has 0 bridgehead atoms. The molecular weight excluding hydrogens is 509 g/mol. The predicted octanol–water partition coefficient (Wildman–Crippen LogP) is 3.51. The Balaban J connectivity index is 1.50. The number of aliphatic hydroxyl groups is 2. The number of ether oxygens (including phenoxy) is 1. The largest absolute Gasteiger partial charge is 0.488 e. The topological polar surface area (TPSA) is 110 Å². The number of carbonyl (C=O) groups excluding carboxylic acids is 1. The van der Waals surface area contributed by atoms with Gasteiger partial charge >= 0.3 is 6.18 Å². The lowest BCUT2D eigenvalue weighted by atomic mass is 9.75. The molecule has 2 aliphatic heterocycles. The molecule has 1 saturated heterocycles. The second kappa shape index (κ2) is 8.79. The van der Waals surface area contributed by atoms with E-state index in [1.165, 1.54) is 12.1 Å². The number of rotatable bonds is 3. The summed E-state index contributed by atoms with van der Waals surface area (Å²) in [4.78, 5) is 19.9. The van der Waals surface area contributed by atoms with E-state index >= 15 is 0 Å². The van der Waals surface area contributed by atoms with Gasteiger partial charge in [-0.25, -0.2) is 4.98 Å². The summed E-state index contributed by atoms with van der Waals surface area (Å²) in [6.07, 6.45) is -3.45. The highest BCUT2D eigenvalue weighted by Gasteiger charge is 2.59. The zero-order valence-corrected chi connectivity index (χ0v) is 20.3. The van der Waals surface area contributed by atoms with Crippen LogP contribution in [0.5, 0.6) is 0 Å². The maximum absolute atomic E-state index is 13.6. The first-order valence-electron chi connectivity index (χ1n) is 11.5. The minimum atomic E-state index is -4.83. The number of amides is 1. The number of benzene rings is 1. The first-order chi connectivity index (χ1) is 17.5. The van der Waals surface area contributed by atoms with Crippen molar-refractivity contribution in [2.75, 3.05) is 9.80 Å². The maximum Gasteiger partial charge on any atom is 0.419 e. The van der Waals surface area contributed by atoms with E-state index in [0.29, 0.717) is 29.9 Å². The molecule has 5 rings (SSSR count). The van der Waals surface area contributed by atoms with Gasteiger partial charge in [-0.15, -0.1) is 0 Å². The van der Waals surface area contributed by atoms with E-state index in [2.05, 4.69) is 4.98 Å². The number of aromatic nitrogens is 1. The number of hydrogen-bond acceptors (Lipinski definition) is 7. The summed E-state index contributed by atoms with van der Waals surface area (Å²) in [5.41, 5.74) is -2.02. The van der Waals surface area contributed by atoms with Gasteiger partial charge in [-0.05, 0) is 74.8 Å². The van der Waals surface area contributed by atoms with E-state index in [9.17, 15) is 28.2 Å². The summed E-state index contributed by atoms with van der Waals surface area (Å²) in [7, 11) is 0. The molecule has 37 heavy (non-hydrogen) atoms. The second-order valence-electron chi connectivity index (χ2n) is 9.22. The molecule has 12 heteroatoms. The molecule has 1 spiro atoms. The number of carbonyl (C=O) groups is 1. The normalized spacial score (nSPS) is 25.0. The van der Waals surface area contributed by atoms with Crippen LogP contribution in [0.3, 0.4) is 0 Å². The van der Waals surface area contributed by atoms with Gasteiger partial charge in [0.25, 0.3) is 5.91 Å². The third-order valence-electron chi connectivity index (χ3n) is 7.01. The van der Waals surface area contributed by atoms with Gasteiger partial charge in [-0.3, -0.25) is 9.69 Å². The quantitative estimate of drug-likeness (QED) is 0.581. The van der Waals surface area contributed by atoms with Crippen LogP contribution in [0.15, 0.2) is 42.6 Å². The molecule has 2 aromatic rings. The van der Waals surface area contributed by atoms with Crippen molar-refractivity contribution in [3.8, 4) is 6.07 Å². The SMILES string of the molecule is C[C@@H]1OC(c2ccc(N3C(=S)N(c4cnc(C#N)c(C(F)(F)F)c4)C(=O)C34CCC4)cc2)=C[C@H](O)[C@H]1O. The van der Waals surface area contributed by atoms with Gasteiger partial charge < -0.3 is 19.8 Å². The van der Waals surface area contributed by atoms with Crippen LogP contribution in [-0.4, -0.2) is 50.1 Å². The van der Waals surface area contributed by atoms with Gasteiger partial charge in [0.05, 0.1) is 17.4 Å². The first kappa shape index (κ1) is 25.1. The molecule has 2 fully saturated rings. The van der Waals surface area contributed by atoms with Crippen molar-refractivity contribution < 1.29 is 32.9 Å². The predicted molar refractivity (Wildman–Crippen MR) is 130 cm³/mol. The van der Waals surface area contributed by atoms with Gasteiger partial charge in [0.15, 0.2) is 10.8 Å². The molecule has 2 N–H and O–H groups in total. The Kier molecular flexibility index (Phi) is 5.97. The van der Waals surface area contributed by atoms with Gasteiger partial charge in [0, 0.05) is 11.3 Å². The summed E-state index contributed by atoms with van der Waals surface area (Å²) in [6, 6.07) is 9.01. The van der Waals surface area contributed by atoms with Crippen molar-refractivity contribution >= 4 is 40.4 Å². The number of nitriles is 1. The van der Waals surface area contributed by atoms with Crippen LogP contribution in [-0.2, 0) is 15.7 Å². The number of thiocarbonyl (C=S) groups is 1. The van der Waals surface area contributed by atoms with Crippen molar-refractivity contribution in [3.63, 3.8) is 0 Å². The van der Waals surface area contributed by atoms with Crippen LogP contribution in [0.1, 0.15) is 43.0 Å². The number of alkyl halides is 3. The van der Waals surface area contributed by atoms with Crippen LogP contribution in [0.4, 0.5) is 24.5 Å². The fraction of sp³-hybridized carbons (Fsp3) is 0.360. The van der Waals surface area contributed by atoms with Crippen LogP contribution < -0.4 is 9.80 Å². The van der Waals surface area contributed by atoms with E-state index < -0.39 is 47.2 Å². The van der Waals surface area contributed by atoms with Gasteiger partial charge in [-0.1, -0.05) is 0 Å². The number of pyridine rings is 1. The molecule has 3 atom stereocenters. The molecule has 3 aliphatic rings. The summed E-state index contributed by atoms with van der Waals surface area (Å²) in [5.74, 6) is -0.0584.